The van der Waals surface area contributed by atoms with Gasteiger partial charge in [-0.25, -0.2) is 4.98 Å². The second-order valence-corrected chi connectivity index (χ2v) is 3.49. The molecule has 0 spiro atoms. The lowest BCUT2D eigenvalue weighted by Crippen LogP contribution is -2.24. The molecule has 1 heterocycles. The Balaban J connectivity index is 1.97. The number of rotatable bonds is 7. The molecule has 1 N–H and O–H groups in total. The lowest BCUT2D eigenvalue weighted by atomic mass is 10.2. The second kappa shape index (κ2) is 6.38. The largest absolute Gasteiger partial charge is 0.337 e. The third-order valence-electron chi connectivity index (χ3n) is 2.22. The van der Waals surface area contributed by atoms with Gasteiger partial charge >= 0.3 is 0 Å². The zero-order valence-corrected chi connectivity index (χ0v) is 8.82. The first-order valence-electron chi connectivity index (χ1n) is 5.14. The maximum absolute atomic E-state index is 4.00. The van der Waals surface area contributed by atoms with E-state index in [4.69, 9.17) is 0 Å². The molecule has 0 saturated carbocycles. The van der Waals surface area contributed by atoms with E-state index in [1.807, 2.05) is 24.8 Å². The van der Waals surface area contributed by atoms with Crippen molar-refractivity contribution in [3.8, 4) is 0 Å². The standard InChI is InChI=1S/C11H19N3/c1-3-11(2)13-6-4-5-8-14-9-7-12-10-14/h3,7,9-11,13H,1,4-6,8H2,2H3. The van der Waals surface area contributed by atoms with Crippen molar-refractivity contribution in [3.63, 3.8) is 0 Å². The Hall–Kier alpha value is -1.09. The zero-order chi connectivity index (χ0) is 10.2. The highest BCUT2D eigenvalue weighted by atomic mass is 15.0. The fourth-order valence-corrected chi connectivity index (χ4v) is 1.25. The molecule has 0 aliphatic rings. The van der Waals surface area contributed by atoms with Crippen molar-refractivity contribution in [2.75, 3.05) is 6.54 Å². The highest BCUT2D eigenvalue weighted by molar-refractivity contribution is 4.80. The van der Waals surface area contributed by atoms with Crippen molar-refractivity contribution in [1.82, 2.24) is 14.9 Å². The van der Waals surface area contributed by atoms with E-state index in [1.165, 1.54) is 12.8 Å². The van der Waals surface area contributed by atoms with Crippen LogP contribution in [0.5, 0.6) is 0 Å². The van der Waals surface area contributed by atoms with E-state index < -0.39 is 0 Å². The quantitative estimate of drug-likeness (QED) is 0.529. The van der Waals surface area contributed by atoms with Crippen LogP contribution in [0.15, 0.2) is 31.4 Å². The van der Waals surface area contributed by atoms with Gasteiger partial charge in [0.2, 0.25) is 0 Å². The van der Waals surface area contributed by atoms with Crippen molar-refractivity contribution in [2.24, 2.45) is 0 Å². The van der Waals surface area contributed by atoms with Crippen LogP contribution >= 0.6 is 0 Å². The Bertz CT molecular complexity index is 241. The molecule has 0 radical (unpaired) electrons. The molecule has 14 heavy (non-hydrogen) atoms. The topological polar surface area (TPSA) is 29.9 Å². The first-order chi connectivity index (χ1) is 6.83. The summed E-state index contributed by atoms with van der Waals surface area (Å²) in [5.74, 6) is 0. The molecule has 0 aromatic carbocycles. The highest BCUT2D eigenvalue weighted by Gasteiger charge is 1.94. The molecule has 1 aromatic heterocycles. The van der Waals surface area contributed by atoms with Gasteiger partial charge < -0.3 is 9.88 Å². The molecule has 0 saturated heterocycles. The summed E-state index contributed by atoms with van der Waals surface area (Å²) in [6, 6.07) is 0.420. The van der Waals surface area contributed by atoms with E-state index in [0.29, 0.717) is 6.04 Å². The summed E-state index contributed by atoms with van der Waals surface area (Å²) in [7, 11) is 0. The number of hydrogen-bond donors (Lipinski definition) is 1. The number of hydrogen-bond acceptors (Lipinski definition) is 2. The monoisotopic (exact) mass is 193 g/mol. The molecule has 1 rings (SSSR count). The number of aryl methyl sites for hydroxylation is 1. The number of unbranched alkanes of at least 4 members (excludes halogenated alkanes) is 1. The van der Waals surface area contributed by atoms with Crippen molar-refractivity contribution in [1.29, 1.82) is 0 Å². The number of aromatic nitrogens is 2. The van der Waals surface area contributed by atoms with E-state index in [0.717, 1.165) is 13.1 Å². The van der Waals surface area contributed by atoms with Crippen LogP contribution in [0.3, 0.4) is 0 Å². The van der Waals surface area contributed by atoms with Gasteiger partial charge in [0.25, 0.3) is 0 Å². The molecule has 78 valence electrons. The van der Waals surface area contributed by atoms with Crippen LogP contribution in [-0.2, 0) is 6.54 Å². The first-order valence-corrected chi connectivity index (χ1v) is 5.14. The summed E-state index contributed by atoms with van der Waals surface area (Å²) in [6.07, 6.45) is 9.98. The van der Waals surface area contributed by atoms with Crippen LogP contribution in [0.4, 0.5) is 0 Å². The van der Waals surface area contributed by atoms with Crippen LogP contribution in [0.1, 0.15) is 19.8 Å². The SMILES string of the molecule is C=CC(C)NCCCCn1ccnc1. The minimum absolute atomic E-state index is 0.420. The fraction of sp³-hybridized carbons (Fsp3) is 0.545. The predicted octanol–water partition coefficient (Wildman–Crippen LogP) is 1.83. The molecule has 1 unspecified atom stereocenters. The average Bonchev–Trinajstić information content (AvgIpc) is 2.69. The lowest BCUT2D eigenvalue weighted by molar-refractivity contribution is 0.550. The molecule has 1 aromatic rings. The summed E-state index contributed by atoms with van der Waals surface area (Å²) in [6.45, 7) is 7.96. The van der Waals surface area contributed by atoms with Gasteiger partial charge in [-0.1, -0.05) is 6.08 Å². The number of nitrogens with one attached hydrogen (secondary N) is 1. The van der Waals surface area contributed by atoms with Crippen molar-refractivity contribution < 1.29 is 0 Å². The Morgan fingerprint density at radius 3 is 3.07 bits per heavy atom. The molecular weight excluding hydrogens is 174 g/mol. The smallest absolute Gasteiger partial charge is 0.0945 e. The molecule has 1 atom stereocenters. The Kier molecular flexibility index (Phi) is 5.00. The summed E-state index contributed by atoms with van der Waals surface area (Å²) in [4.78, 5) is 4.00. The fourth-order valence-electron chi connectivity index (χ4n) is 1.25. The van der Waals surface area contributed by atoms with Crippen molar-refractivity contribution >= 4 is 0 Å². The minimum Gasteiger partial charge on any atom is -0.337 e. The lowest BCUT2D eigenvalue weighted by Gasteiger charge is -2.08. The van der Waals surface area contributed by atoms with Gasteiger partial charge in [0.1, 0.15) is 0 Å². The molecule has 3 heteroatoms. The molecule has 0 aliphatic carbocycles. The predicted molar refractivity (Wildman–Crippen MR) is 59.1 cm³/mol. The van der Waals surface area contributed by atoms with Crippen molar-refractivity contribution in [3.05, 3.63) is 31.4 Å². The third-order valence-corrected chi connectivity index (χ3v) is 2.22. The molecule has 0 fully saturated rings. The van der Waals surface area contributed by atoms with Crippen molar-refractivity contribution in [2.45, 2.75) is 32.4 Å². The Morgan fingerprint density at radius 2 is 2.43 bits per heavy atom. The van der Waals surface area contributed by atoms with E-state index >= 15 is 0 Å². The summed E-state index contributed by atoms with van der Waals surface area (Å²) in [5.41, 5.74) is 0. The zero-order valence-electron chi connectivity index (χ0n) is 8.82. The van der Waals surface area contributed by atoms with E-state index in [-0.39, 0.29) is 0 Å². The Labute approximate surface area is 85.8 Å². The normalized spacial score (nSPS) is 12.6. The van der Waals surface area contributed by atoms with E-state index in [1.54, 1.807) is 0 Å². The van der Waals surface area contributed by atoms with Gasteiger partial charge in [0, 0.05) is 25.0 Å². The van der Waals surface area contributed by atoms with E-state index in [9.17, 15) is 0 Å². The second-order valence-electron chi connectivity index (χ2n) is 3.49. The summed E-state index contributed by atoms with van der Waals surface area (Å²) < 4.78 is 2.11. The van der Waals surface area contributed by atoms with Gasteiger partial charge in [0.15, 0.2) is 0 Å². The summed E-state index contributed by atoms with van der Waals surface area (Å²) in [5, 5.41) is 3.37. The van der Waals surface area contributed by atoms with Gasteiger partial charge in [-0.2, -0.15) is 0 Å². The van der Waals surface area contributed by atoms with Crippen LogP contribution in [0.2, 0.25) is 0 Å². The summed E-state index contributed by atoms with van der Waals surface area (Å²) >= 11 is 0. The average molecular weight is 193 g/mol. The van der Waals surface area contributed by atoms with Gasteiger partial charge in [-0.05, 0) is 26.3 Å². The molecule has 0 amide bonds. The first kappa shape index (κ1) is 11.0. The van der Waals surface area contributed by atoms with Gasteiger partial charge in [0.05, 0.1) is 6.33 Å². The van der Waals surface area contributed by atoms with Gasteiger partial charge in [-0.3, -0.25) is 0 Å². The molecule has 0 aliphatic heterocycles. The maximum atomic E-state index is 4.00. The van der Waals surface area contributed by atoms with Crippen LogP contribution < -0.4 is 5.32 Å². The Morgan fingerprint density at radius 1 is 1.57 bits per heavy atom. The van der Waals surface area contributed by atoms with E-state index in [2.05, 4.69) is 28.4 Å². The van der Waals surface area contributed by atoms with Crippen LogP contribution in [0, 0.1) is 0 Å². The molecule has 0 bridgehead atoms. The minimum atomic E-state index is 0.420. The maximum Gasteiger partial charge on any atom is 0.0945 e. The molecule has 3 nitrogen and oxygen atoms in total. The van der Waals surface area contributed by atoms with Crippen LogP contribution in [-0.4, -0.2) is 22.1 Å². The molecular formula is C11H19N3. The number of imidazole rings is 1. The number of nitrogens with zero attached hydrogens (tertiary/aromatic N) is 2. The highest BCUT2D eigenvalue weighted by Crippen LogP contribution is 1.94. The van der Waals surface area contributed by atoms with Gasteiger partial charge in [-0.15, -0.1) is 6.58 Å². The third kappa shape index (κ3) is 4.23. The van der Waals surface area contributed by atoms with Crippen LogP contribution in [0.25, 0.3) is 0 Å².